The van der Waals surface area contributed by atoms with E-state index in [-0.39, 0.29) is 11.7 Å². The molecule has 0 unspecified atom stereocenters. The molecular weight excluding hydrogens is 405 g/mol. The summed E-state index contributed by atoms with van der Waals surface area (Å²) in [5.41, 5.74) is 1.31. The molecule has 9 heteroatoms. The Balaban J connectivity index is 1.72. The van der Waals surface area contributed by atoms with Gasteiger partial charge in [0, 0.05) is 24.5 Å². The van der Waals surface area contributed by atoms with Crippen molar-refractivity contribution in [3.05, 3.63) is 65.4 Å². The van der Waals surface area contributed by atoms with E-state index in [9.17, 15) is 4.79 Å². The Morgan fingerprint density at radius 2 is 2.11 bits per heavy atom. The average Bonchev–Trinajstić information content (AvgIpc) is 3.07. The van der Waals surface area contributed by atoms with Crippen molar-refractivity contribution in [1.82, 2.24) is 19.7 Å². The summed E-state index contributed by atoms with van der Waals surface area (Å²) in [6.07, 6.45) is 5.16. The van der Waals surface area contributed by atoms with Gasteiger partial charge in [0.05, 0.1) is 21.5 Å². The van der Waals surface area contributed by atoms with Gasteiger partial charge >= 0.3 is 0 Å². The molecule has 1 amide bonds. The fourth-order valence-corrected chi connectivity index (χ4v) is 3.41. The molecule has 0 aliphatic carbocycles. The van der Waals surface area contributed by atoms with E-state index in [1.165, 1.54) is 11.8 Å². The first kappa shape index (κ1) is 19.4. The Labute approximate surface area is 170 Å². The van der Waals surface area contributed by atoms with Gasteiger partial charge in [0.2, 0.25) is 5.91 Å². The minimum atomic E-state index is -0.222. The zero-order valence-corrected chi connectivity index (χ0v) is 16.4. The van der Waals surface area contributed by atoms with E-state index in [4.69, 9.17) is 23.2 Å². The Kier molecular flexibility index (Phi) is 6.49. The normalized spacial score (nSPS) is 10.6. The summed E-state index contributed by atoms with van der Waals surface area (Å²) in [7, 11) is 0. The van der Waals surface area contributed by atoms with E-state index in [1.807, 2.05) is 16.7 Å². The molecule has 0 saturated heterocycles. The number of halogens is 2. The van der Waals surface area contributed by atoms with Crippen LogP contribution in [-0.4, -0.2) is 31.4 Å². The molecule has 0 spiro atoms. The SMILES string of the molecule is C=CCn1c(SCC(=O)Nc2cccc(Cl)c2Cl)nnc1-c1cccnc1. The van der Waals surface area contributed by atoms with Crippen LogP contribution in [0.3, 0.4) is 0 Å². The third-order valence-electron chi connectivity index (χ3n) is 3.51. The van der Waals surface area contributed by atoms with E-state index >= 15 is 0 Å². The molecule has 1 N–H and O–H groups in total. The van der Waals surface area contributed by atoms with Gasteiger partial charge < -0.3 is 5.32 Å². The minimum absolute atomic E-state index is 0.144. The molecule has 0 bridgehead atoms. The largest absolute Gasteiger partial charge is 0.324 e. The fraction of sp³-hybridized carbons (Fsp3) is 0.111. The molecule has 2 aromatic heterocycles. The van der Waals surface area contributed by atoms with Crippen molar-refractivity contribution in [3.63, 3.8) is 0 Å². The van der Waals surface area contributed by atoms with Crippen LogP contribution in [0.15, 0.2) is 60.5 Å². The molecule has 138 valence electrons. The Hall–Kier alpha value is -2.35. The summed E-state index contributed by atoms with van der Waals surface area (Å²) >= 11 is 13.3. The summed E-state index contributed by atoms with van der Waals surface area (Å²) in [5.74, 6) is 0.592. The molecule has 0 aliphatic heterocycles. The highest BCUT2D eigenvalue weighted by molar-refractivity contribution is 7.99. The molecule has 0 aliphatic rings. The third-order valence-corrected chi connectivity index (χ3v) is 5.29. The van der Waals surface area contributed by atoms with E-state index < -0.39 is 0 Å². The van der Waals surface area contributed by atoms with Crippen LogP contribution in [0.2, 0.25) is 10.0 Å². The highest BCUT2D eigenvalue weighted by Crippen LogP contribution is 2.30. The number of benzene rings is 1. The van der Waals surface area contributed by atoms with Crippen LogP contribution in [0.4, 0.5) is 5.69 Å². The lowest BCUT2D eigenvalue weighted by molar-refractivity contribution is -0.113. The van der Waals surface area contributed by atoms with Crippen molar-refractivity contribution in [1.29, 1.82) is 0 Å². The fourth-order valence-electron chi connectivity index (χ4n) is 2.31. The molecule has 0 saturated carbocycles. The number of rotatable bonds is 7. The molecule has 0 fully saturated rings. The van der Waals surface area contributed by atoms with E-state index in [0.29, 0.717) is 33.3 Å². The molecule has 0 radical (unpaired) electrons. The van der Waals surface area contributed by atoms with Gasteiger partial charge in [-0.2, -0.15) is 0 Å². The van der Waals surface area contributed by atoms with Gasteiger partial charge in [0.25, 0.3) is 0 Å². The van der Waals surface area contributed by atoms with Crippen LogP contribution >= 0.6 is 35.0 Å². The topological polar surface area (TPSA) is 72.7 Å². The van der Waals surface area contributed by atoms with Gasteiger partial charge in [-0.15, -0.1) is 16.8 Å². The van der Waals surface area contributed by atoms with Crippen molar-refractivity contribution in [3.8, 4) is 11.4 Å². The van der Waals surface area contributed by atoms with E-state index in [1.54, 1.807) is 36.7 Å². The van der Waals surface area contributed by atoms with Crippen LogP contribution in [0, 0.1) is 0 Å². The Morgan fingerprint density at radius 3 is 2.85 bits per heavy atom. The number of allylic oxidation sites excluding steroid dienone is 1. The summed E-state index contributed by atoms with van der Waals surface area (Å²) in [5, 5.41) is 12.5. The first-order chi connectivity index (χ1) is 13.1. The first-order valence-electron chi connectivity index (χ1n) is 7.91. The summed E-state index contributed by atoms with van der Waals surface area (Å²) in [4.78, 5) is 16.4. The lowest BCUT2D eigenvalue weighted by Crippen LogP contribution is -2.15. The average molecular weight is 420 g/mol. The number of anilines is 1. The van der Waals surface area contributed by atoms with Gasteiger partial charge in [0.1, 0.15) is 0 Å². The number of carbonyl (C=O) groups is 1. The second-order valence-corrected chi connectivity index (χ2v) is 7.11. The molecule has 1 aromatic carbocycles. The maximum absolute atomic E-state index is 12.3. The van der Waals surface area contributed by atoms with E-state index in [2.05, 4.69) is 27.1 Å². The zero-order valence-electron chi connectivity index (χ0n) is 14.1. The number of pyridine rings is 1. The zero-order chi connectivity index (χ0) is 19.2. The predicted molar refractivity (Wildman–Crippen MR) is 109 cm³/mol. The standard InChI is InChI=1S/C18H15Cl2N5OS/c1-2-9-25-17(12-5-4-8-21-10-12)23-24-18(25)27-11-15(26)22-14-7-3-6-13(19)16(14)20/h2-8,10H,1,9,11H2,(H,22,26). The Bertz CT molecular complexity index is 962. The predicted octanol–water partition coefficient (Wildman–Crippen LogP) is 4.56. The molecule has 2 heterocycles. The maximum atomic E-state index is 12.3. The smallest absolute Gasteiger partial charge is 0.234 e. The maximum Gasteiger partial charge on any atom is 0.234 e. The Morgan fingerprint density at radius 1 is 1.26 bits per heavy atom. The van der Waals surface area contributed by atoms with Crippen molar-refractivity contribution in [2.75, 3.05) is 11.1 Å². The molecular formula is C18H15Cl2N5OS. The lowest BCUT2D eigenvalue weighted by Gasteiger charge is -2.09. The van der Waals surface area contributed by atoms with Crippen molar-refractivity contribution in [2.24, 2.45) is 0 Å². The molecule has 3 rings (SSSR count). The molecule has 6 nitrogen and oxygen atoms in total. The summed E-state index contributed by atoms with van der Waals surface area (Å²) < 4.78 is 1.88. The van der Waals surface area contributed by atoms with Gasteiger partial charge in [-0.1, -0.05) is 47.1 Å². The van der Waals surface area contributed by atoms with Crippen molar-refractivity contribution < 1.29 is 4.79 Å². The second kappa shape index (κ2) is 9.03. The highest BCUT2D eigenvalue weighted by atomic mass is 35.5. The minimum Gasteiger partial charge on any atom is -0.324 e. The van der Waals surface area contributed by atoms with Crippen LogP contribution in [-0.2, 0) is 11.3 Å². The number of amides is 1. The second-order valence-electron chi connectivity index (χ2n) is 5.39. The summed E-state index contributed by atoms with van der Waals surface area (Å²) in [6, 6.07) is 8.80. The van der Waals surface area contributed by atoms with E-state index in [0.717, 1.165) is 5.56 Å². The monoisotopic (exact) mass is 419 g/mol. The van der Waals surface area contributed by atoms with Crippen LogP contribution in [0.1, 0.15) is 0 Å². The van der Waals surface area contributed by atoms with Crippen molar-refractivity contribution >= 4 is 46.6 Å². The number of carbonyl (C=O) groups excluding carboxylic acids is 1. The molecule has 27 heavy (non-hydrogen) atoms. The number of hydrogen-bond acceptors (Lipinski definition) is 5. The number of thioether (sulfide) groups is 1. The third kappa shape index (κ3) is 4.68. The highest BCUT2D eigenvalue weighted by Gasteiger charge is 2.15. The lowest BCUT2D eigenvalue weighted by atomic mass is 10.3. The molecule has 0 atom stereocenters. The van der Waals surface area contributed by atoms with Gasteiger partial charge in [-0.3, -0.25) is 14.3 Å². The number of nitrogens with one attached hydrogen (secondary N) is 1. The van der Waals surface area contributed by atoms with Gasteiger partial charge in [0.15, 0.2) is 11.0 Å². The number of hydrogen-bond donors (Lipinski definition) is 1. The first-order valence-corrected chi connectivity index (χ1v) is 9.65. The van der Waals surface area contributed by atoms with Gasteiger partial charge in [-0.25, -0.2) is 0 Å². The van der Waals surface area contributed by atoms with Crippen LogP contribution in [0.5, 0.6) is 0 Å². The van der Waals surface area contributed by atoms with Crippen molar-refractivity contribution in [2.45, 2.75) is 11.7 Å². The number of nitrogens with zero attached hydrogens (tertiary/aromatic N) is 4. The quantitative estimate of drug-likeness (QED) is 0.448. The van der Waals surface area contributed by atoms with Gasteiger partial charge in [-0.05, 0) is 24.3 Å². The summed E-state index contributed by atoms with van der Waals surface area (Å²) in [6.45, 7) is 4.29. The van der Waals surface area contributed by atoms with Crippen LogP contribution in [0.25, 0.3) is 11.4 Å². The van der Waals surface area contributed by atoms with Crippen LogP contribution < -0.4 is 5.32 Å². The number of aromatic nitrogens is 4. The molecule has 3 aromatic rings.